The van der Waals surface area contributed by atoms with Crippen LogP contribution in [0.4, 0.5) is 0 Å². The lowest BCUT2D eigenvalue weighted by Crippen LogP contribution is -2.60. The fourth-order valence-electron chi connectivity index (χ4n) is 2.22. The zero-order valence-electron chi connectivity index (χ0n) is 9.96. The van der Waals surface area contributed by atoms with Crippen molar-refractivity contribution < 1.29 is 8.42 Å². The van der Waals surface area contributed by atoms with Crippen LogP contribution in [0.2, 0.25) is 0 Å². The smallest absolute Gasteiger partial charge is 0.282 e. The number of piperidine rings is 1. The molecule has 0 aliphatic carbocycles. The Hall–Kier alpha value is -0.170. The van der Waals surface area contributed by atoms with Gasteiger partial charge in [0.15, 0.2) is 0 Å². The van der Waals surface area contributed by atoms with E-state index < -0.39 is 10.2 Å². The predicted octanol–water partition coefficient (Wildman–Crippen LogP) is -0.223. The van der Waals surface area contributed by atoms with E-state index in [4.69, 9.17) is 0 Å². The summed E-state index contributed by atoms with van der Waals surface area (Å²) >= 11 is 0. The molecule has 0 unspecified atom stereocenters. The highest BCUT2D eigenvalue weighted by molar-refractivity contribution is 7.86. The summed E-state index contributed by atoms with van der Waals surface area (Å²) < 4.78 is 27.6. The lowest BCUT2D eigenvalue weighted by atomic mass is 10.1. The van der Waals surface area contributed by atoms with Crippen molar-refractivity contribution >= 4 is 10.2 Å². The average molecular weight is 246 g/mol. The molecular weight excluding hydrogens is 226 g/mol. The first kappa shape index (κ1) is 12.3. The van der Waals surface area contributed by atoms with Gasteiger partial charge in [-0.05, 0) is 26.3 Å². The van der Waals surface area contributed by atoms with E-state index in [1.165, 1.54) is 0 Å². The Morgan fingerprint density at radius 2 is 1.81 bits per heavy atom. The van der Waals surface area contributed by atoms with Gasteiger partial charge in [0.05, 0.1) is 6.04 Å². The van der Waals surface area contributed by atoms with E-state index in [1.807, 2.05) is 7.05 Å². The van der Waals surface area contributed by atoms with Crippen LogP contribution in [0.25, 0.3) is 0 Å². The maximum Gasteiger partial charge on any atom is 0.282 e. The third-order valence-electron chi connectivity index (χ3n) is 3.41. The molecule has 93 valence electrons. The molecule has 2 fully saturated rings. The van der Waals surface area contributed by atoms with Crippen LogP contribution >= 0.6 is 0 Å². The molecule has 2 rings (SSSR count). The topological polar surface area (TPSA) is 43.9 Å². The van der Waals surface area contributed by atoms with E-state index in [0.29, 0.717) is 13.1 Å². The summed E-state index contributed by atoms with van der Waals surface area (Å²) in [6.45, 7) is 2.95. The summed E-state index contributed by atoms with van der Waals surface area (Å²) in [4.78, 5) is 2.13. The molecule has 0 aromatic carbocycles. The molecule has 2 saturated heterocycles. The first-order valence-electron chi connectivity index (χ1n) is 5.75. The first-order valence-corrected chi connectivity index (χ1v) is 7.15. The number of rotatable bonds is 3. The second kappa shape index (κ2) is 4.60. The van der Waals surface area contributed by atoms with Crippen LogP contribution in [0.3, 0.4) is 0 Å². The van der Waals surface area contributed by atoms with Crippen molar-refractivity contribution in [2.24, 2.45) is 0 Å². The lowest BCUT2D eigenvalue weighted by Gasteiger charge is -2.43. The molecule has 0 N–H and O–H groups in total. The van der Waals surface area contributed by atoms with Crippen molar-refractivity contribution in [3.05, 3.63) is 6.42 Å². The van der Waals surface area contributed by atoms with Crippen LogP contribution in [-0.2, 0) is 10.2 Å². The molecule has 5 nitrogen and oxygen atoms in total. The van der Waals surface area contributed by atoms with Gasteiger partial charge in [-0.2, -0.15) is 17.0 Å². The molecule has 0 aromatic rings. The average Bonchev–Trinajstić information content (AvgIpc) is 2.25. The molecule has 0 bridgehead atoms. The fraction of sp³-hybridized carbons (Fsp3) is 0.900. The summed E-state index contributed by atoms with van der Waals surface area (Å²) in [5.74, 6) is 0. The molecule has 0 amide bonds. The Morgan fingerprint density at radius 3 is 2.31 bits per heavy atom. The third-order valence-corrected chi connectivity index (χ3v) is 5.46. The second-order valence-electron chi connectivity index (χ2n) is 4.66. The maximum atomic E-state index is 12.2. The van der Waals surface area contributed by atoms with Gasteiger partial charge in [-0.3, -0.25) is 0 Å². The Morgan fingerprint density at radius 1 is 1.25 bits per heavy atom. The quantitative estimate of drug-likeness (QED) is 0.691. The fourth-order valence-corrected chi connectivity index (χ4v) is 3.77. The van der Waals surface area contributed by atoms with Crippen LogP contribution < -0.4 is 0 Å². The van der Waals surface area contributed by atoms with Gasteiger partial charge in [-0.25, -0.2) is 0 Å². The molecule has 16 heavy (non-hydrogen) atoms. The Bertz CT molecular complexity index is 332. The minimum Gasteiger partial charge on any atom is -0.303 e. The van der Waals surface area contributed by atoms with Gasteiger partial charge in [-0.1, -0.05) is 0 Å². The van der Waals surface area contributed by atoms with E-state index in [1.54, 1.807) is 15.7 Å². The zero-order chi connectivity index (χ0) is 11.8. The van der Waals surface area contributed by atoms with Crippen LogP contribution in [0.1, 0.15) is 12.8 Å². The highest BCUT2D eigenvalue weighted by atomic mass is 32.2. The van der Waals surface area contributed by atoms with E-state index in [0.717, 1.165) is 25.9 Å². The molecule has 0 spiro atoms. The number of likely N-dealkylation sites (N-methyl/N-ethyl adjacent to an activating group) is 2. The van der Waals surface area contributed by atoms with E-state index >= 15 is 0 Å². The zero-order valence-corrected chi connectivity index (χ0v) is 10.8. The molecule has 0 saturated carbocycles. The van der Waals surface area contributed by atoms with Gasteiger partial charge < -0.3 is 4.90 Å². The molecule has 2 aliphatic heterocycles. The van der Waals surface area contributed by atoms with Gasteiger partial charge in [0.1, 0.15) is 0 Å². The van der Waals surface area contributed by atoms with Crippen molar-refractivity contribution in [2.75, 3.05) is 40.3 Å². The van der Waals surface area contributed by atoms with Crippen LogP contribution in [0, 0.1) is 6.42 Å². The Labute approximate surface area is 98.2 Å². The molecule has 0 atom stereocenters. The minimum absolute atomic E-state index is 0.154. The van der Waals surface area contributed by atoms with Gasteiger partial charge in [0.25, 0.3) is 10.2 Å². The van der Waals surface area contributed by atoms with Gasteiger partial charge in [0, 0.05) is 33.2 Å². The largest absolute Gasteiger partial charge is 0.303 e. The van der Waals surface area contributed by atoms with Gasteiger partial charge >= 0.3 is 0 Å². The molecule has 2 aliphatic rings. The lowest BCUT2D eigenvalue weighted by molar-refractivity contribution is 0.114. The number of likely N-dealkylation sites (tertiary alicyclic amines) is 1. The van der Waals surface area contributed by atoms with Crippen molar-refractivity contribution in [1.29, 1.82) is 0 Å². The SMILES string of the molecule is CN1CC(N(C)S(=O)(=O)N2CC[CH]CC2)C1. The number of hydrogen-bond acceptors (Lipinski definition) is 3. The molecule has 2 heterocycles. The van der Waals surface area contributed by atoms with Crippen molar-refractivity contribution in [1.82, 2.24) is 13.5 Å². The first-order chi connectivity index (χ1) is 7.51. The standard InChI is InChI=1S/C10H20N3O2S/c1-11-8-10(9-11)12(2)16(14,15)13-6-4-3-5-7-13/h3,10H,4-9H2,1-2H3. The van der Waals surface area contributed by atoms with E-state index in [2.05, 4.69) is 11.3 Å². The molecular formula is C10H20N3O2S. The van der Waals surface area contributed by atoms with E-state index in [-0.39, 0.29) is 6.04 Å². The number of hydrogen-bond donors (Lipinski definition) is 0. The predicted molar refractivity (Wildman–Crippen MR) is 63.1 cm³/mol. The molecule has 6 heteroatoms. The summed E-state index contributed by atoms with van der Waals surface area (Å²) in [5, 5.41) is 0. The van der Waals surface area contributed by atoms with Crippen molar-refractivity contribution in [2.45, 2.75) is 18.9 Å². The summed E-state index contributed by atoms with van der Waals surface area (Å²) in [7, 11) is 0.481. The molecule has 1 radical (unpaired) electrons. The highest BCUT2D eigenvalue weighted by Crippen LogP contribution is 2.20. The Balaban J connectivity index is 2.00. The molecule has 0 aromatic heterocycles. The minimum atomic E-state index is -3.23. The maximum absolute atomic E-state index is 12.2. The summed E-state index contributed by atoms with van der Waals surface area (Å²) in [5.41, 5.74) is 0. The second-order valence-corrected chi connectivity index (χ2v) is 6.65. The summed E-state index contributed by atoms with van der Waals surface area (Å²) in [6.07, 6.45) is 3.90. The van der Waals surface area contributed by atoms with Crippen LogP contribution in [0.15, 0.2) is 0 Å². The normalized spacial score (nSPS) is 25.9. The van der Waals surface area contributed by atoms with E-state index in [9.17, 15) is 8.42 Å². The van der Waals surface area contributed by atoms with Crippen molar-refractivity contribution in [3.8, 4) is 0 Å². The van der Waals surface area contributed by atoms with Crippen LogP contribution in [0.5, 0.6) is 0 Å². The van der Waals surface area contributed by atoms with Crippen LogP contribution in [-0.4, -0.2) is 68.2 Å². The highest BCUT2D eigenvalue weighted by Gasteiger charge is 2.37. The van der Waals surface area contributed by atoms with Crippen molar-refractivity contribution in [3.63, 3.8) is 0 Å². The van der Waals surface area contributed by atoms with Gasteiger partial charge in [0.2, 0.25) is 0 Å². The summed E-state index contributed by atoms with van der Waals surface area (Å²) in [6, 6.07) is 0.154. The van der Waals surface area contributed by atoms with Gasteiger partial charge in [-0.15, -0.1) is 0 Å². The Kier molecular flexibility index (Phi) is 3.53. The number of nitrogens with zero attached hydrogens (tertiary/aromatic N) is 3. The monoisotopic (exact) mass is 246 g/mol. The third kappa shape index (κ3) is 2.25.